The Labute approximate surface area is 483 Å². The Bertz CT molecular complexity index is 3980. The summed E-state index contributed by atoms with van der Waals surface area (Å²) in [5.41, 5.74) is 6.50. The first-order valence-electron chi connectivity index (χ1n) is 27.3. The van der Waals surface area contributed by atoms with Gasteiger partial charge >= 0.3 is 0 Å². The van der Waals surface area contributed by atoms with Crippen LogP contribution in [0.1, 0.15) is 78.7 Å². The van der Waals surface area contributed by atoms with Gasteiger partial charge in [0.1, 0.15) is 11.6 Å². The fourth-order valence-electron chi connectivity index (χ4n) is 10.9. The van der Waals surface area contributed by atoms with Crippen molar-refractivity contribution in [3.8, 4) is 11.4 Å². The number of aromatic nitrogens is 8. The Kier molecular flexibility index (Phi) is 15.3. The number of rotatable bonds is 13. The molecule has 0 unspecified atom stereocenters. The summed E-state index contributed by atoms with van der Waals surface area (Å²) in [4.78, 5) is 65.0. The quantitative estimate of drug-likeness (QED) is 0.103. The van der Waals surface area contributed by atoms with Gasteiger partial charge in [0.25, 0.3) is 0 Å². The number of carbonyl (C=O) groups is 4. The summed E-state index contributed by atoms with van der Waals surface area (Å²) in [5.74, 6) is 0.824. The molecule has 4 aromatic heterocycles. The molecule has 6 heterocycles. The van der Waals surface area contributed by atoms with E-state index in [1.807, 2.05) is 97.1 Å². The molecule has 0 radical (unpaired) electrons. The smallest absolute Gasteiger partial charge is 0.237 e. The number of amides is 4. The van der Waals surface area contributed by atoms with Crippen molar-refractivity contribution in [2.75, 3.05) is 9.80 Å². The number of halogens is 3. The van der Waals surface area contributed by atoms with Gasteiger partial charge in [0, 0.05) is 46.8 Å². The molecule has 2 N–H and O–H groups in total. The molecule has 14 rings (SSSR count). The lowest BCUT2D eigenvalue weighted by Gasteiger charge is -2.29. The number of nitrogens with one attached hydrogen (secondary N) is 2. The number of benzene rings is 6. The zero-order valence-corrected chi connectivity index (χ0v) is 46.6. The molecule has 2 saturated carbocycles. The number of alkyl halides is 1. The molecule has 2 aliphatic heterocycles. The topological polar surface area (TPSA) is 212 Å². The third kappa shape index (κ3) is 11.7. The third-order valence-electron chi connectivity index (χ3n) is 15.2. The van der Waals surface area contributed by atoms with Crippen LogP contribution in [0.25, 0.3) is 33.2 Å². The minimum absolute atomic E-state index is 0.0180. The molecular weight excluding hydrogens is 1130 g/mol. The highest BCUT2D eigenvalue weighted by Gasteiger charge is 2.52. The van der Waals surface area contributed by atoms with Crippen molar-refractivity contribution in [1.82, 2.24) is 50.5 Å². The Hall–Kier alpha value is -9.24. The molecule has 0 spiro atoms. The van der Waals surface area contributed by atoms with Crippen LogP contribution in [0, 0.1) is 43.2 Å². The predicted molar refractivity (Wildman–Crippen MR) is 307 cm³/mol. The molecule has 2 saturated heterocycles. The Morgan fingerprint density at radius 2 is 1.06 bits per heavy atom. The van der Waals surface area contributed by atoms with Gasteiger partial charge in [-0.25, -0.2) is 18.1 Å². The number of hydrogen-bond acceptors (Lipinski definition) is 12. The van der Waals surface area contributed by atoms with Crippen molar-refractivity contribution < 1.29 is 37.0 Å². The first kappa shape index (κ1) is 54.4. The van der Waals surface area contributed by atoms with Crippen LogP contribution in [0.3, 0.4) is 0 Å². The number of aryl methyl sites for hydroxylation is 2. The lowest BCUT2D eigenvalue weighted by molar-refractivity contribution is -0.125. The van der Waals surface area contributed by atoms with E-state index in [2.05, 4.69) is 57.0 Å². The standard InChI is InChI=1S/C31H27FN6O3.C27H23FN4O2.C4H5BrN2O/c1-18-34-27(41-36-18)16-25-28(35-30(39)20-7-8-20)29(19-5-3-2-4-6-19)37(31(25)40)24-13-14-26-21(15-24)17-33-38(26)23-11-9-22(32)10-12-23;28-20-8-10-21(11-9-20)32-24-13-12-22(14-19(24)16-29-32)31-25(33)15-23(30-27(34)18-6-7-18)26(31)17-4-2-1-3-5-17;1-3-6-4(2-5)8-7-3/h2-6,9-15,17,20,25,28-29H,7-8,16H2,1H3,(H,35,39);1-5,8-14,16,18,23,26H,6-7,15H2,(H,30,34);2H2,1H3/t25-,28-,29+;23-,26+;/m00./s1. The zero-order chi connectivity index (χ0) is 57.3. The summed E-state index contributed by atoms with van der Waals surface area (Å²) in [6.07, 6.45) is 7.48. The molecule has 21 heteroatoms. The lowest BCUT2D eigenvalue weighted by atomic mass is 9.91. The minimum Gasteiger partial charge on any atom is -0.350 e. The van der Waals surface area contributed by atoms with E-state index >= 15 is 0 Å². The van der Waals surface area contributed by atoms with Gasteiger partial charge in [-0.3, -0.25) is 19.2 Å². The summed E-state index contributed by atoms with van der Waals surface area (Å²) in [6, 6.07) is 41.8. The second-order valence-corrected chi connectivity index (χ2v) is 21.6. The van der Waals surface area contributed by atoms with Gasteiger partial charge in [-0.1, -0.05) is 86.9 Å². The van der Waals surface area contributed by atoms with Gasteiger partial charge in [-0.05, 0) is 136 Å². The van der Waals surface area contributed by atoms with E-state index < -0.39 is 18.0 Å². The zero-order valence-electron chi connectivity index (χ0n) is 45.1. The van der Waals surface area contributed by atoms with Crippen LogP contribution in [-0.4, -0.2) is 75.6 Å². The fraction of sp³-hybridized carbons (Fsp3) is 0.258. The highest BCUT2D eigenvalue weighted by atomic mass is 79.9. The van der Waals surface area contributed by atoms with Gasteiger partial charge in [-0.15, -0.1) is 0 Å². The van der Waals surface area contributed by atoms with Crippen LogP contribution >= 0.6 is 15.9 Å². The molecule has 6 aromatic carbocycles. The van der Waals surface area contributed by atoms with Crippen molar-refractivity contribution >= 4 is 72.7 Å². The van der Waals surface area contributed by atoms with Crippen molar-refractivity contribution in [3.05, 3.63) is 204 Å². The van der Waals surface area contributed by atoms with Crippen LogP contribution in [0.2, 0.25) is 0 Å². The van der Waals surface area contributed by atoms with E-state index in [9.17, 15) is 28.0 Å². The summed E-state index contributed by atoms with van der Waals surface area (Å²) >= 11 is 3.17. The minimum atomic E-state index is -0.611. The maximum absolute atomic E-state index is 14.3. The second-order valence-electron chi connectivity index (χ2n) is 21.1. The normalized spacial score (nSPS) is 19.4. The van der Waals surface area contributed by atoms with E-state index in [0.29, 0.717) is 34.4 Å². The van der Waals surface area contributed by atoms with Gasteiger partial charge in [0.05, 0.1) is 70.2 Å². The number of hydrogen-bond donors (Lipinski definition) is 2. The maximum Gasteiger partial charge on any atom is 0.237 e. The third-order valence-corrected chi connectivity index (χ3v) is 15.7. The number of fused-ring (bicyclic) bond motifs is 2. The van der Waals surface area contributed by atoms with Crippen LogP contribution < -0.4 is 20.4 Å². The van der Waals surface area contributed by atoms with E-state index in [1.54, 1.807) is 69.7 Å². The van der Waals surface area contributed by atoms with Crippen molar-refractivity contribution in [1.29, 1.82) is 0 Å². The Balaban J connectivity index is 0.000000146. The molecule has 83 heavy (non-hydrogen) atoms. The molecule has 0 bridgehead atoms. The highest BCUT2D eigenvalue weighted by Crippen LogP contribution is 2.44. The molecular formula is C62H55BrF2N12O6. The molecule has 4 fully saturated rings. The van der Waals surface area contributed by atoms with Crippen molar-refractivity contribution in [2.45, 2.75) is 81.9 Å². The van der Waals surface area contributed by atoms with Crippen LogP contribution in [0.4, 0.5) is 20.2 Å². The number of carbonyl (C=O) groups excluding carboxylic acids is 4. The molecule has 5 atom stereocenters. The van der Waals surface area contributed by atoms with Gasteiger partial charge in [-0.2, -0.15) is 20.2 Å². The first-order valence-corrected chi connectivity index (χ1v) is 28.5. The number of anilines is 2. The average molecular weight is 1180 g/mol. The molecule has 10 aromatic rings. The Morgan fingerprint density at radius 1 is 0.590 bits per heavy atom. The van der Waals surface area contributed by atoms with E-state index in [4.69, 9.17) is 9.05 Å². The van der Waals surface area contributed by atoms with Gasteiger partial charge in [0.2, 0.25) is 35.4 Å². The Morgan fingerprint density at radius 3 is 1.53 bits per heavy atom. The predicted octanol–water partition coefficient (Wildman–Crippen LogP) is 10.5. The van der Waals surface area contributed by atoms with E-state index in [-0.39, 0.29) is 72.0 Å². The SMILES string of the molecule is Cc1noc(CBr)n1.Cc1noc(C[C@@H]2C(=O)N(c3ccc4c(cnn4-c4ccc(F)cc4)c3)[C@H](c3ccccc3)[C@H]2NC(=O)C2CC2)n1.O=C(N[C@H]1CC(=O)N(c2ccc3c(cnn3-c3ccc(F)cc3)c2)[C@@H]1c1ccccc1)C1CC1. The number of nitrogens with zero attached hydrogens (tertiary/aromatic N) is 10. The van der Waals surface area contributed by atoms with Crippen molar-refractivity contribution in [2.24, 2.45) is 17.8 Å². The monoisotopic (exact) mass is 1180 g/mol. The molecule has 420 valence electrons. The van der Waals surface area contributed by atoms with Crippen LogP contribution in [0.5, 0.6) is 0 Å². The van der Waals surface area contributed by atoms with Gasteiger partial charge < -0.3 is 29.5 Å². The molecule has 4 amide bonds. The largest absolute Gasteiger partial charge is 0.350 e. The molecule has 4 aliphatic rings. The molecule has 18 nitrogen and oxygen atoms in total. The molecule has 2 aliphatic carbocycles. The fourth-order valence-corrected chi connectivity index (χ4v) is 11.2. The first-order chi connectivity index (χ1) is 40.4. The van der Waals surface area contributed by atoms with Gasteiger partial charge in [0.15, 0.2) is 11.6 Å². The van der Waals surface area contributed by atoms with Crippen LogP contribution in [-0.2, 0) is 30.9 Å². The van der Waals surface area contributed by atoms with Crippen LogP contribution in [0.15, 0.2) is 167 Å². The lowest BCUT2D eigenvalue weighted by Crippen LogP contribution is -2.43. The summed E-state index contributed by atoms with van der Waals surface area (Å²) in [7, 11) is 0. The second kappa shape index (κ2) is 23.3. The van der Waals surface area contributed by atoms with E-state index in [1.165, 1.54) is 24.3 Å². The maximum atomic E-state index is 14.3. The summed E-state index contributed by atoms with van der Waals surface area (Å²) in [6.45, 7) is 3.52. The summed E-state index contributed by atoms with van der Waals surface area (Å²) in [5, 5.41) is 25.1. The van der Waals surface area contributed by atoms with Crippen molar-refractivity contribution in [3.63, 3.8) is 0 Å². The van der Waals surface area contributed by atoms with E-state index in [0.717, 1.165) is 75.7 Å². The highest BCUT2D eigenvalue weighted by molar-refractivity contribution is 9.08. The average Bonchev–Trinajstić information content (AvgIpc) is 3.32. The summed E-state index contributed by atoms with van der Waals surface area (Å²) < 4.78 is 40.4.